The van der Waals surface area contributed by atoms with Gasteiger partial charge in [0.15, 0.2) is 5.82 Å². The molecule has 3 rings (SSSR count). The second kappa shape index (κ2) is 5.18. The molecule has 2 aromatic carbocycles. The molecule has 0 unspecified atom stereocenters. The van der Waals surface area contributed by atoms with Crippen LogP contribution in [-0.4, -0.2) is 5.16 Å². The highest BCUT2D eigenvalue weighted by Gasteiger charge is 2.21. The molecule has 106 valence electrons. The number of rotatable bonds is 2. The number of nitrogens with two attached hydrogens (primary N) is 1. The van der Waals surface area contributed by atoms with E-state index in [-0.39, 0.29) is 28.0 Å². The van der Waals surface area contributed by atoms with E-state index in [4.69, 9.17) is 21.9 Å². The first kappa shape index (κ1) is 13.6. The van der Waals surface area contributed by atoms with E-state index in [1.165, 1.54) is 36.4 Å². The zero-order valence-corrected chi connectivity index (χ0v) is 11.4. The van der Waals surface area contributed by atoms with Gasteiger partial charge in [-0.05, 0) is 29.8 Å². The molecule has 6 heteroatoms. The molecular formula is C15H9ClF2N2O. The maximum atomic E-state index is 14.1. The Morgan fingerprint density at radius 1 is 1.05 bits per heavy atom. The van der Waals surface area contributed by atoms with Gasteiger partial charge in [0.25, 0.3) is 0 Å². The van der Waals surface area contributed by atoms with Gasteiger partial charge < -0.3 is 10.3 Å². The van der Waals surface area contributed by atoms with Gasteiger partial charge >= 0.3 is 0 Å². The van der Waals surface area contributed by atoms with E-state index >= 15 is 0 Å². The van der Waals surface area contributed by atoms with Gasteiger partial charge in [-0.3, -0.25) is 0 Å². The average Bonchev–Trinajstić information content (AvgIpc) is 2.85. The summed E-state index contributed by atoms with van der Waals surface area (Å²) < 4.78 is 32.1. The predicted molar refractivity (Wildman–Crippen MR) is 76.7 cm³/mol. The zero-order chi connectivity index (χ0) is 15.0. The molecule has 0 radical (unpaired) electrons. The molecule has 0 amide bonds. The van der Waals surface area contributed by atoms with E-state index in [2.05, 4.69) is 5.16 Å². The van der Waals surface area contributed by atoms with Crippen LogP contribution in [0, 0.1) is 11.6 Å². The molecule has 3 nitrogen and oxygen atoms in total. The lowest BCUT2D eigenvalue weighted by Crippen LogP contribution is -1.91. The van der Waals surface area contributed by atoms with Gasteiger partial charge in [0, 0.05) is 5.56 Å². The standard InChI is InChI=1S/C15H9ClF2N2O/c16-11-3-1-2-10(13(11)18)14-12(15(19)21-20-14)8-4-6-9(17)7-5-8/h1-7H,19H2. The summed E-state index contributed by atoms with van der Waals surface area (Å²) in [5.41, 5.74) is 7.12. The van der Waals surface area contributed by atoms with Crippen LogP contribution in [0.25, 0.3) is 22.4 Å². The minimum Gasteiger partial charge on any atom is -0.367 e. The van der Waals surface area contributed by atoms with E-state index in [9.17, 15) is 8.78 Å². The molecule has 2 N–H and O–H groups in total. The van der Waals surface area contributed by atoms with Gasteiger partial charge in [-0.25, -0.2) is 8.78 Å². The maximum absolute atomic E-state index is 14.1. The summed E-state index contributed by atoms with van der Waals surface area (Å²) in [7, 11) is 0. The molecule has 0 aliphatic carbocycles. The van der Waals surface area contributed by atoms with Crippen molar-refractivity contribution in [1.29, 1.82) is 0 Å². The van der Waals surface area contributed by atoms with Crippen LogP contribution < -0.4 is 5.73 Å². The highest BCUT2D eigenvalue weighted by Crippen LogP contribution is 2.38. The quantitative estimate of drug-likeness (QED) is 0.757. The SMILES string of the molecule is Nc1onc(-c2cccc(Cl)c2F)c1-c1ccc(F)cc1. The van der Waals surface area contributed by atoms with Crippen molar-refractivity contribution in [3.05, 3.63) is 59.1 Å². The van der Waals surface area contributed by atoms with Crippen LogP contribution in [0.4, 0.5) is 14.7 Å². The van der Waals surface area contributed by atoms with E-state index in [1.807, 2.05) is 0 Å². The molecule has 0 bridgehead atoms. The molecule has 0 aliphatic heterocycles. The second-order valence-corrected chi connectivity index (χ2v) is 4.79. The summed E-state index contributed by atoms with van der Waals surface area (Å²) in [6.45, 7) is 0. The van der Waals surface area contributed by atoms with E-state index in [0.717, 1.165) is 0 Å². The molecule has 0 saturated heterocycles. The van der Waals surface area contributed by atoms with Crippen molar-refractivity contribution >= 4 is 17.5 Å². The Balaban J connectivity index is 2.22. The summed E-state index contributed by atoms with van der Waals surface area (Å²) in [5.74, 6) is -0.976. The van der Waals surface area contributed by atoms with Gasteiger partial charge in [0.1, 0.15) is 11.5 Å². The van der Waals surface area contributed by atoms with Crippen LogP contribution in [0.15, 0.2) is 47.0 Å². The summed E-state index contributed by atoms with van der Waals surface area (Å²) >= 11 is 5.78. The van der Waals surface area contributed by atoms with Gasteiger partial charge in [-0.2, -0.15) is 0 Å². The number of hydrogen-bond donors (Lipinski definition) is 1. The monoisotopic (exact) mass is 306 g/mol. The number of nitrogen functional groups attached to an aromatic ring is 1. The number of nitrogens with zero attached hydrogens (tertiary/aromatic N) is 1. The molecule has 0 atom stereocenters. The summed E-state index contributed by atoms with van der Waals surface area (Å²) in [5, 5.41) is 3.77. The Hall–Kier alpha value is -2.40. The van der Waals surface area contributed by atoms with Crippen LogP contribution in [0.3, 0.4) is 0 Å². The number of hydrogen-bond acceptors (Lipinski definition) is 3. The Morgan fingerprint density at radius 3 is 2.48 bits per heavy atom. The van der Waals surface area contributed by atoms with Crippen molar-refractivity contribution in [3.63, 3.8) is 0 Å². The normalized spacial score (nSPS) is 10.8. The summed E-state index contributed by atoms with van der Waals surface area (Å²) in [6, 6.07) is 10.1. The van der Waals surface area contributed by atoms with Crippen molar-refractivity contribution in [1.82, 2.24) is 5.16 Å². The van der Waals surface area contributed by atoms with Gasteiger partial charge in [0.2, 0.25) is 5.88 Å². The first-order valence-electron chi connectivity index (χ1n) is 6.03. The number of anilines is 1. The lowest BCUT2D eigenvalue weighted by Gasteiger charge is -2.05. The van der Waals surface area contributed by atoms with E-state index in [0.29, 0.717) is 11.1 Å². The van der Waals surface area contributed by atoms with Crippen molar-refractivity contribution in [2.75, 3.05) is 5.73 Å². The van der Waals surface area contributed by atoms with Crippen molar-refractivity contribution in [3.8, 4) is 22.4 Å². The minimum atomic E-state index is -0.615. The highest BCUT2D eigenvalue weighted by atomic mass is 35.5. The molecule has 3 aromatic rings. The van der Waals surface area contributed by atoms with Crippen molar-refractivity contribution < 1.29 is 13.3 Å². The first-order chi connectivity index (χ1) is 10.1. The Morgan fingerprint density at radius 2 is 1.76 bits per heavy atom. The Bertz CT molecular complexity index is 800. The Labute approximate surface area is 123 Å². The van der Waals surface area contributed by atoms with Gasteiger partial charge in [-0.15, -0.1) is 0 Å². The lowest BCUT2D eigenvalue weighted by atomic mass is 10.0. The second-order valence-electron chi connectivity index (χ2n) is 4.38. The third-order valence-electron chi connectivity index (χ3n) is 3.06. The fourth-order valence-corrected chi connectivity index (χ4v) is 2.24. The summed E-state index contributed by atoms with van der Waals surface area (Å²) in [4.78, 5) is 0. The Kier molecular flexibility index (Phi) is 3.35. The molecule has 0 saturated carbocycles. The van der Waals surface area contributed by atoms with Gasteiger partial charge in [-0.1, -0.05) is 35.0 Å². The molecule has 0 aliphatic rings. The topological polar surface area (TPSA) is 52.0 Å². The smallest absolute Gasteiger partial charge is 0.230 e. The fraction of sp³-hybridized carbons (Fsp3) is 0. The summed E-state index contributed by atoms with van der Waals surface area (Å²) in [6.07, 6.45) is 0. The maximum Gasteiger partial charge on any atom is 0.230 e. The number of halogens is 3. The van der Waals surface area contributed by atoms with Crippen LogP contribution in [0.1, 0.15) is 0 Å². The van der Waals surface area contributed by atoms with Crippen LogP contribution in [0.2, 0.25) is 5.02 Å². The molecule has 1 aromatic heterocycles. The van der Waals surface area contributed by atoms with Crippen LogP contribution in [-0.2, 0) is 0 Å². The molecule has 1 heterocycles. The van der Waals surface area contributed by atoms with Gasteiger partial charge in [0.05, 0.1) is 10.6 Å². The van der Waals surface area contributed by atoms with Crippen LogP contribution in [0.5, 0.6) is 0 Å². The predicted octanol–water partition coefficient (Wildman–Crippen LogP) is 4.52. The third-order valence-corrected chi connectivity index (χ3v) is 3.35. The molecular weight excluding hydrogens is 298 g/mol. The first-order valence-corrected chi connectivity index (χ1v) is 6.41. The van der Waals surface area contributed by atoms with Crippen molar-refractivity contribution in [2.45, 2.75) is 0 Å². The number of benzene rings is 2. The number of aromatic nitrogens is 1. The lowest BCUT2D eigenvalue weighted by molar-refractivity contribution is 0.439. The zero-order valence-electron chi connectivity index (χ0n) is 10.6. The molecule has 0 spiro atoms. The van der Waals surface area contributed by atoms with E-state index in [1.54, 1.807) is 6.07 Å². The molecule has 0 fully saturated rings. The molecule has 21 heavy (non-hydrogen) atoms. The van der Waals surface area contributed by atoms with Crippen LogP contribution >= 0.6 is 11.6 Å². The largest absolute Gasteiger partial charge is 0.367 e. The minimum absolute atomic E-state index is 0.0241. The average molecular weight is 307 g/mol. The fourth-order valence-electron chi connectivity index (χ4n) is 2.07. The third kappa shape index (κ3) is 2.36. The van der Waals surface area contributed by atoms with Crippen molar-refractivity contribution in [2.24, 2.45) is 0 Å². The van der Waals surface area contributed by atoms with E-state index < -0.39 is 5.82 Å². The highest BCUT2D eigenvalue weighted by molar-refractivity contribution is 6.31.